The maximum absolute atomic E-state index is 12.0. The number of aliphatic hydroxyl groups is 1. The van der Waals surface area contributed by atoms with Crippen molar-refractivity contribution < 1.29 is 9.90 Å². The van der Waals surface area contributed by atoms with Gasteiger partial charge in [-0.2, -0.15) is 10.2 Å². The van der Waals surface area contributed by atoms with Crippen molar-refractivity contribution in [1.82, 2.24) is 5.32 Å². The van der Waals surface area contributed by atoms with Gasteiger partial charge in [0.2, 0.25) is 0 Å². The minimum absolute atomic E-state index is 0.127. The Morgan fingerprint density at radius 1 is 0.880 bits per heavy atom. The van der Waals surface area contributed by atoms with Crippen molar-refractivity contribution in [3.63, 3.8) is 0 Å². The number of hydrogen-bond acceptors (Lipinski definition) is 4. The topological polar surface area (TPSA) is 86.1 Å². The summed E-state index contributed by atoms with van der Waals surface area (Å²) in [5, 5.41) is 23.6. The third-order valence-electron chi connectivity index (χ3n) is 4.19. The molecule has 1 saturated carbocycles. The molecule has 0 spiro atoms. The molecule has 6 nitrogen and oxygen atoms in total. The molecule has 25 heavy (non-hydrogen) atoms. The van der Waals surface area contributed by atoms with E-state index in [0.29, 0.717) is 5.69 Å². The van der Waals surface area contributed by atoms with Gasteiger partial charge in [0.1, 0.15) is 0 Å². The highest BCUT2D eigenvalue weighted by Gasteiger charge is 2.20. The highest BCUT2D eigenvalue weighted by molar-refractivity contribution is 5.89. The van der Waals surface area contributed by atoms with Crippen LogP contribution in [0.1, 0.15) is 25.7 Å². The Labute approximate surface area is 147 Å². The number of nitrogens with zero attached hydrogens (tertiary/aromatic N) is 2. The Morgan fingerprint density at radius 3 is 2.12 bits per heavy atom. The predicted octanol–water partition coefficient (Wildman–Crippen LogP) is 4.53. The number of azo groups is 1. The van der Waals surface area contributed by atoms with Crippen molar-refractivity contribution in [2.45, 2.75) is 37.8 Å². The molecule has 0 radical (unpaired) electrons. The van der Waals surface area contributed by atoms with Gasteiger partial charge in [-0.3, -0.25) is 0 Å². The molecule has 0 heterocycles. The number of benzene rings is 2. The second-order valence-electron chi connectivity index (χ2n) is 6.19. The van der Waals surface area contributed by atoms with Gasteiger partial charge < -0.3 is 15.7 Å². The van der Waals surface area contributed by atoms with Crippen LogP contribution in [-0.2, 0) is 0 Å². The monoisotopic (exact) mass is 338 g/mol. The number of anilines is 1. The Balaban J connectivity index is 1.50. The van der Waals surface area contributed by atoms with Gasteiger partial charge in [0.15, 0.2) is 0 Å². The molecule has 1 fully saturated rings. The average molecular weight is 338 g/mol. The van der Waals surface area contributed by atoms with E-state index in [-0.39, 0.29) is 18.2 Å². The summed E-state index contributed by atoms with van der Waals surface area (Å²) in [5.74, 6) is 0. The lowest BCUT2D eigenvalue weighted by Gasteiger charge is -2.26. The van der Waals surface area contributed by atoms with E-state index in [1.807, 2.05) is 30.3 Å². The average Bonchev–Trinajstić information content (AvgIpc) is 2.64. The summed E-state index contributed by atoms with van der Waals surface area (Å²) >= 11 is 0. The number of amides is 2. The minimum atomic E-state index is -0.223. The quantitative estimate of drug-likeness (QED) is 0.716. The minimum Gasteiger partial charge on any atom is -0.393 e. The third kappa shape index (κ3) is 5.39. The van der Waals surface area contributed by atoms with Crippen LogP contribution in [0.25, 0.3) is 0 Å². The van der Waals surface area contributed by atoms with E-state index in [0.717, 1.165) is 37.1 Å². The van der Waals surface area contributed by atoms with Gasteiger partial charge in [-0.15, -0.1) is 0 Å². The molecule has 2 amide bonds. The zero-order valence-electron chi connectivity index (χ0n) is 13.9. The van der Waals surface area contributed by atoms with E-state index in [1.165, 1.54) is 0 Å². The van der Waals surface area contributed by atoms with Crippen LogP contribution in [0.3, 0.4) is 0 Å². The van der Waals surface area contributed by atoms with E-state index in [4.69, 9.17) is 0 Å². The van der Waals surface area contributed by atoms with Crippen molar-refractivity contribution >= 4 is 23.1 Å². The molecule has 130 valence electrons. The fourth-order valence-corrected chi connectivity index (χ4v) is 2.79. The number of hydrogen-bond donors (Lipinski definition) is 3. The maximum Gasteiger partial charge on any atom is 0.319 e. The van der Waals surface area contributed by atoms with Crippen LogP contribution in [-0.4, -0.2) is 23.3 Å². The van der Waals surface area contributed by atoms with Crippen molar-refractivity contribution in [2.75, 3.05) is 5.32 Å². The van der Waals surface area contributed by atoms with E-state index >= 15 is 0 Å². The molecule has 1 aliphatic rings. The zero-order valence-corrected chi connectivity index (χ0v) is 13.9. The fourth-order valence-electron chi connectivity index (χ4n) is 2.79. The Hall–Kier alpha value is -2.73. The summed E-state index contributed by atoms with van der Waals surface area (Å²) in [6.45, 7) is 0. The maximum atomic E-state index is 12.0. The lowest BCUT2D eigenvalue weighted by atomic mass is 9.93. The second kappa shape index (κ2) is 8.39. The first-order chi connectivity index (χ1) is 12.2. The first-order valence-corrected chi connectivity index (χ1v) is 8.51. The number of urea groups is 1. The first-order valence-electron chi connectivity index (χ1n) is 8.51. The predicted molar refractivity (Wildman–Crippen MR) is 97.5 cm³/mol. The zero-order chi connectivity index (χ0) is 17.5. The fraction of sp³-hybridized carbons (Fsp3) is 0.316. The van der Waals surface area contributed by atoms with Gasteiger partial charge in [-0.05, 0) is 62.1 Å². The van der Waals surface area contributed by atoms with Crippen LogP contribution in [0.15, 0.2) is 64.8 Å². The molecule has 3 rings (SSSR count). The number of aliphatic hydroxyl groups excluding tert-OH is 1. The normalized spacial score (nSPS) is 20.4. The van der Waals surface area contributed by atoms with Gasteiger partial charge >= 0.3 is 6.03 Å². The molecule has 0 atom stereocenters. The number of carbonyl (C=O) groups excluding carboxylic acids is 1. The summed E-state index contributed by atoms with van der Waals surface area (Å²) in [5.41, 5.74) is 2.21. The largest absolute Gasteiger partial charge is 0.393 e. The Kier molecular flexibility index (Phi) is 5.74. The summed E-state index contributed by atoms with van der Waals surface area (Å²) in [6.07, 6.45) is 2.89. The molecule has 0 aromatic heterocycles. The number of rotatable bonds is 4. The van der Waals surface area contributed by atoms with Gasteiger partial charge in [-0.25, -0.2) is 4.79 Å². The second-order valence-corrected chi connectivity index (χ2v) is 6.19. The highest BCUT2D eigenvalue weighted by atomic mass is 16.3. The lowest BCUT2D eigenvalue weighted by Crippen LogP contribution is -2.40. The first kappa shape index (κ1) is 17.1. The third-order valence-corrected chi connectivity index (χ3v) is 4.19. The van der Waals surface area contributed by atoms with Crippen molar-refractivity contribution in [2.24, 2.45) is 10.2 Å². The smallest absolute Gasteiger partial charge is 0.319 e. The molecule has 1 aliphatic carbocycles. The molecule has 0 aliphatic heterocycles. The van der Waals surface area contributed by atoms with Crippen molar-refractivity contribution in [3.05, 3.63) is 54.6 Å². The molecule has 0 saturated heterocycles. The lowest BCUT2D eigenvalue weighted by molar-refractivity contribution is 0.118. The van der Waals surface area contributed by atoms with Crippen molar-refractivity contribution in [3.8, 4) is 0 Å². The SMILES string of the molecule is O=C(Nc1ccc(N=Nc2ccccc2)cc1)NC1CCC(O)CC1. The molecule has 0 unspecified atom stereocenters. The summed E-state index contributed by atoms with van der Waals surface area (Å²) in [7, 11) is 0. The molecule has 3 N–H and O–H groups in total. The van der Waals surface area contributed by atoms with Gasteiger partial charge in [0.25, 0.3) is 0 Å². The van der Waals surface area contributed by atoms with E-state index in [1.54, 1.807) is 24.3 Å². The van der Waals surface area contributed by atoms with Crippen molar-refractivity contribution in [1.29, 1.82) is 0 Å². The van der Waals surface area contributed by atoms with Crippen LogP contribution in [0.2, 0.25) is 0 Å². The number of nitrogens with one attached hydrogen (secondary N) is 2. The van der Waals surface area contributed by atoms with Crippen LogP contribution in [0.5, 0.6) is 0 Å². The Bertz CT molecular complexity index is 708. The Morgan fingerprint density at radius 2 is 1.48 bits per heavy atom. The summed E-state index contributed by atoms with van der Waals surface area (Å²) in [4.78, 5) is 12.0. The molecular formula is C19H22N4O2. The van der Waals surface area contributed by atoms with E-state index < -0.39 is 0 Å². The molecule has 2 aromatic rings. The van der Waals surface area contributed by atoms with Crippen LogP contribution in [0, 0.1) is 0 Å². The number of carbonyl (C=O) groups is 1. The molecular weight excluding hydrogens is 316 g/mol. The molecule has 6 heteroatoms. The van der Waals surface area contributed by atoms with Crippen LogP contribution < -0.4 is 10.6 Å². The highest BCUT2D eigenvalue weighted by Crippen LogP contribution is 2.21. The standard InChI is InChI=1S/C19H22N4O2/c24-18-12-10-15(11-13-18)21-19(25)20-14-6-8-17(9-7-14)23-22-16-4-2-1-3-5-16/h1-9,15,18,24H,10-13H2,(H2,20,21,25). The van der Waals surface area contributed by atoms with E-state index in [9.17, 15) is 9.90 Å². The molecule has 0 bridgehead atoms. The summed E-state index contributed by atoms with van der Waals surface area (Å²) < 4.78 is 0. The van der Waals surface area contributed by atoms with Crippen LogP contribution >= 0.6 is 0 Å². The van der Waals surface area contributed by atoms with Gasteiger partial charge in [-0.1, -0.05) is 18.2 Å². The van der Waals surface area contributed by atoms with Gasteiger partial charge in [0.05, 0.1) is 17.5 Å². The summed E-state index contributed by atoms with van der Waals surface area (Å²) in [6, 6.07) is 16.6. The van der Waals surface area contributed by atoms with Crippen LogP contribution in [0.4, 0.5) is 21.9 Å². The van der Waals surface area contributed by atoms with Gasteiger partial charge in [0, 0.05) is 11.7 Å². The molecule has 2 aromatic carbocycles. The van der Waals surface area contributed by atoms with E-state index in [2.05, 4.69) is 20.9 Å².